The van der Waals surface area contributed by atoms with Gasteiger partial charge in [-0.2, -0.15) is 0 Å². The first kappa shape index (κ1) is 22.7. The molecule has 2 atom stereocenters. The summed E-state index contributed by atoms with van der Waals surface area (Å²) >= 11 is 0. The fourth-order valence-electron chi connectivity index (χ4n) is 5.51. The van der Waals surface area contributed by atoms with Crippen LogP contribution in [-0.2, 0) is 9.53 Å². The van der Waals surface area contributed by atoms with Crippen LogP contribution in [0.1, 0.15) is 48.5 Å². The maximum Gasteiger partial charge on any atom is 0.289 e. The molecule has 186 valence electrons. The molecule has 6 rings (SSSR count). The zero-order valence-electron chi connectivity index (χ0n) is 19.8. The lowest BCUT2D eigenvalue weighted by Crippen LogP contribution is -2.52. The van der Waals surface area contributed by atoms with Crippen LogP contribution in [0.15, 0.2) is 48.6 Å². The van der Waals surface area contributed by atoms with Crippen LogP contribution < -0.4 is 4.74 Å². The largest absolute Gasteiger partial charge is 0.495 e. The highest BCUT2D eigenvalue weighted by Crippen LogP contribution is 2.56. The monoisotopic (exact) mass is 495 g/mol. The number of nitrogens with zero attached hydrogens (tertiary/aromatic N) is 3. The van der Waals surface area contributed by atoms with Gasteiger partial charge in [0, 0.05) is 6.20 Å². The van der Waals surface area contributed by atoms with Crippen molar-refractivity contribution >= 4 is 12.0 Å². The highest BCUT2D eigenvalue weighted by molar-refractivity contribution is 5.97. The molecule has 1 aromatic heterocycles. The Labute approximate surface area is 206 Å². The van der Waals surface area contributed by atoms with Crippen molar-refractivity contribution in [2.24, 2.45) is 0 Å². The first-order valence-electron chi connectivity index (χ1n) is 11.9. The summed E-state index contributed by atoms with van der Waals surface area (Å²) in [5.41, 5.74) is 2.13. The van der Waals surface area contributed by atoms with Gasteiger partial charge in [0.1, 0.15) is 11.4 Å². The van der Waals surface area contributed by atoms with Crippen LogP contribution in [0.2, 0.25) is 0 Å². The molecule has 2 saturated heterocycles. The number of hydrogen-bond donors (Lipinski definition) is 0. The molecule has 36 heavy (non-hydrogen) atoms. The number of carbonyl (C=O) groups excluding carboxylic acids is 1. The van der Waals surface area contributed by atoms with Crippen LogP contribution in [0.4, 0.5) is 13.2 Å². The maximum atomic E-state index is 14.0. The fraction of sp³-hybridized carbons (Fsp3) is 0.333. The van der Waals surface area contributed by atoms with Gasteiger partial charge in [0.05, 0.1) is 36.9 Å². The van der Waals surface area contributed by atoms with E-state index in [1.54, 1.807) is 24.4 Å². The molecule has 1 saturated carbocycles. The van der Waals surface area contributed by atoms with E-state index in [0.717, 1.165) is 36.4 Å². The highest BCUT2D eigenvalue weighted by atomic mass is 19.2. The quantitative estimate of drug-likeness (QED) is 0.367. The number of aromatic nitrogens is 2. The summed E-state index contributed by atoms with van der Waals surface area (Å²) in [6.45, 7) is 1.90. The summed E-state index contributed by atoms with van der Waals surface area (Å²) in [5.74, 6) is -3.60. The summed E-state index contributed by atoms with van der Waals surface area (Å²) in [7, 11) is 1.57. The topological polar surface area (TPSA) is 56.6 Å². The number of fused-ring (bicyclic) bond motifs is 2. The van der Waals surface area contributed by atoms with Crippen molar-refractivity contribution in [3.63, 3.8) is 0 Å². The molecule has 0 radical (unpaired) electrons. The number of methoxy groups -OCH3 is 1. The lowest BCUT2D eigenvalue weighted by molar-refractivity contribution is -0.148. The lowest BCUT2D eigenvalue weighted by Gasteiger charge is -2.41. The standard InChI is InChI=1S/C27H24F3N3O3/c1-15-13-32(14-31-15)21-4-3-16(9-22(21)35-2)10-23-26(34)33-20(5-6-24(33)27(36-23)7-8-27)17-11-18(28)25(30)19(29)12-17/h3-4,9-14,20,24H,5-8H2,1-2H3/b23-10-/t20-,24+/m0/s1. The Balaban J connectivity index is 1.36. The average molecular weight is 496 g/mol. The number of aryl methyl sites for hydroxylation is 1. The van der Waals surface area contributed by atoms with Gasteiger partial charge in [-0.1, -0.05) is 6.07 Å². The molecule has 2 aromatic carbocycles. The molecule has 1 amide bonds. The number of halogens is 3. The number of imidazole rings is 1. The van der Waals surface area contributed by atoms with E-state index < -0.39 is 29.1 Å². The van der Waals surface area contributed by atoms with E-state index in [0.29, 0.717) is 24.2 Å². The van der Waals surface area contributed by atoms with E-state index in [1.165, 1.54) is 0 Å². The van der Waals surface area contributed by atoms with Gasteiger partial charge >= 0.3 is 0 Å². The molecule has 3 aromatic rings. The molecular formula is C27H24F3N3O3. The SMILES string of the molecule is COc1cc(/C=C2\OC3(CC3)[C@H]3CC[C@@H](c4cc(F)c(F)c(F)c4)N3C2=O)ccc1-n1cnc(C)c1. The third-order valence-corrected chi connectivity index (χ3v) is 7.38. The van der Waals surface area contributed by atoms with Gasteiger partial charge in [-0.05, 0) is 74.1 Å². The molecule has 3 fully saturated rings. The summed E-state index contributed by atoms with van der Waals surface area (Å²) in [4.78, 5) is 19.5. The normalized spacial score (nSPS) is 23.2. The Kier molecular flexibility index (Phi) is 5.14. The van der Waals surface area contributed by atoms with Gasteiger partial charge in [0.15, 0.2) is 23.2 Å². The number of rotatable bonds is 4. The molecule has 0 bridgehead atoms. The number of amides is 1. The fourth-order valence-corrected chi connectivity index (χ4v) is 5.51. The number of ether oxygens (including phenoxy) is 2. The zero-order chi connectivity index (χ0) is 25.2. The van der Waals surface area contributed by atoms with Crippen LogP contribution in [0.3, 0.4) is 0 Å². The number of benzene rings is 2. The third-order valence-electron chi connectivity index (χ3n) is 7.38. The molecule has 0 unspecified atom stereocenters. The molecular weight excluding hydrogens is 471 g/mol. The minimum absolute atomic E-state index is 0.173. The van der Waals surface area contributed by atoms with E-state index >= 15 is 0 Å². The zero-order valence-corrected chi connectivity index (χ0v) is 19.8. The van der Waals surface area contributed by atoms with Gasteiger partial charge in [-0.25, -0.2) is 18.2 Å². The number of carbonyl (C=O) groups is 1. The minimum Gasteiger partial charge on any atom is -0.495 e. The first-order chi connectivity index (χ1) is 17.3. The first-order valence-corrected chi connectivity index (χ1v) is 11.9. The van der Waals surface area contributed by atoms with Crippen molar-refractivity contribution in [3.8, 4) is 11.4 Å². The van der Waals surface area contributed by atoms with Crippen molar-refractivity contribution in [3.05, 3.63) is 82.9 Å². The molecule has 2 aliphatic heterocycles. The smallest absolute Gasteiger partial charge is 0.289 e. The van der Waals surface area contributed by atoms with Gasteiger partial charge in [-0.15, -0.1) is 0 Å². The van der Waals surface area contributed by atoms with Crippen LogP contribution in [-0.4, -0.2) is 39.1 Å². The Morgan fingerprint density at radius 1 is 1.14 bits per heavy atom. The van der Waals surface area contributed by atoms with Gasteiger partial charge in [-0.3, -0.25) is 4.79 Å². The molecule has 3 aliphatic rings. The lowest BCUT2D eigenvalue weighted by atomic mass is 10.0. The predicted octanol–water partition coefficient (Wildman–Crippen LogP) is 5.24. The molecule has 1 spiro atoms. The van der Waals surface area contributed by atoms with Crippen molar-refractivity contribution in [1.29, 1.82) is 0 Å². The average Bonchev–Trinajstić information content (AvgIpc) is 3.26. The van der Waals surface area contributed by atoms with Crippen molar-refractivity contribution < 1.29 is 27.4 Å². The van der Waals surface area contributed by atoms with Gasteiger partial charge < -0.3 is 18.9 Å². The van der Waals surface area contributed by atoms with Gasteiger partial charge in [0.25, 0.3) is 5.91 Å². The molecule has 6 nitrogen and oxygen atoms in total. The van der Waals surface area contributed by atoms with Crippen LogP contribution in [0.25, 0.3) is 11.8 Å². The summed E-state index contributed by atoms with van der Waals surface area (Å²) in [6, 6.07) is 6.76. The second-order valence-corrected chi connectivity index (χ2v) is 9.65. The molecule has 3 heterocycles. The third kappa shape index (κ3) is 3.56. The number of hydrogen-bond acceptors (Lipinski definition) is 4. The Morgan fingerprint density at radius 2 is 1.89 bits per heavy atom. The Morgan fingerprint density at radius 3 is 2.53 bits per heavy atom. The van der Waals surface area contributed by atoms with E-state index in [9.17, 15) is 18.0 Å². The second-order valence-electron chi connectivity index (χ2n) is 9.65. The van der Waals surface area contributed by atoms with Gasteiger partial charge in [0.2, 0.25) is 0 Å². The van der Waals surface area contributed by atoms with Crippen molar-refractivity contribution in [2.75, 3.05) is 7.11 Å². The van der Waals surface area contributed by atoms with E-state index in [-0.39, 0.29) is 23.3 Å². The Bertz CT molecular complexity index is 1390. The van der Waals surface area contributed by atoms with Crippen molar-refractivity contribution in [1.82, 2.24) is 14.5 Å². The summed E-state index contributed by atoms with van der Waals surface area (Å²) < 4.78 is 55.3. The molecule has 0 N–H and O–H groups in total. The van der Waals surface area contributed by atoms with E-state index in [4.69, 9.17) is 9.47 Å². The van der Waals surface area contributed by atoms with Crippen molar-refractivity contribution in [2.45, 2.75) is 50.3 Å². The Hall–Kier alpha value is -3.75. The summed E-state index contributed by atoms with van der Waals surface area (Å²) in [6.07, 6.45) is 8.01. The van der Waals surface area contributed by atoms with Crippen LogP contribution in [0, 0.1) is 24.4 Å². The molecule has 1 aliphatic carbocycles. The number of morpholine rings is 1. The second kappa shape index (κ2) is 8.15. The minimum atomic E-state index is -1.51. The highest BCUT2D eigenvalue weighted by Gasteiger charge is 2.62. The van der Waals surface area contributed by atoms with Crippen LogP contribution in [0.5, 0.6) is 5.75 Å². The maximum absolute atomic E-state index is 14.0. The predicted molar refractivity (Wildman–Crippen MR) is 125 cm³/mol. The van der Waals surface area contributed by atoms with E-state index in [1.807, 2.05) is 35.9 Å². The van der Waals surface area contributed by atoms with Crippen LogP contribution >= 0.6 is 0 Å². The van der Waals surface area contributed by atoms with E-state index in [2.05, 4.69) is 4.98 Å². The summed E-state index contributed by atoms with van der Waals surface area (Å²) in [5, 5.41) is 0. The molecule has 9 heteroatoms.